The minimum Gasteiger partial charge on any atom is -0.324 e. The maximum atomic E-state index is 12.6. The van der Waals surface area contributed by atoms with Gasteiger partial charge in [0.15, 0.2) is 5.52 Å². The standard InChI is InChI=1S/C18H14N4O3S3/c23-15(19-12-5-1-6-13-16(12)21-25-20-13)7-2-8-22-17(24)14(28-18(22)26)10-11-4-3-9-27-11/h1,3-6,9-10H,2,7-8H2,(H,19,23). The third-order valence-corrected chi connectivity index (χ3v) is 6.23. The normalized spacial score (nSPS) is 15.7. The van der Waals surface area contributed by atoms with E-state index in [9.17, 15) is 9.59 Å². The molecule has 28 heavy (non-hydrogen) atoms. The van der Waals surface area contributed by atoms with Crippen LogP contribution in [0.5, 0.6) is 0 Å². The predicted octanol–water partition coefficient (Wildman–Crippen LogP) is 3.90. The lowest BCUT2D eigenvalue weighted by atomic mass is 10.2. The highest BCUT2D eigenvalue weighted by Crippen LogP contribution is 2.33. The number of fused-ring (bicyclic) bond motifs is 1. The summed E-state index contributed by atoms with van der Waals surface area (Å²) in [4.78, 5) is 28.0. The van der Waals surface area contributed by atoms with Gasteiger partial charge in [-0.25, -0.2) is 4.63 Å². The minimum absolute atomic E-state index is 0.109. The Balaban J connectivity index is 1.32. The zero-order valence-corrected chi connectivity index (χ0v) is 16.9. The van der Waals surface area contributed by atoms with Crippen LogP contribution in [0.15, 0.2) is 45.2 Å². The van der Waals surface area contributed by atoms with Crippen molar-refractivity contribution in [2.75, 3.05) is 11.9 Å². The Morgan fingerprint density at radius 2 is 2.18 bits per heavy atom. The molecule has 0 bridgehead atoms. The number of carbonyl (C=O) groups excluding carboxylic acids is 2. The lowest BCUT2D eigenvalue weighted by molar-refractivity contribution is -0.122. The molecular weight excluding hydrogens is 416 g/mol. The molecule has 1 aliphatic heterocycles. The number of benzene rings is 1. The molecule has 0 radical (unpaired) electrons. The molecule has 10 heteroatoms. The fourth-order valence-electron chi connectivity index (χ4n) is 2.71. The van der Waals surface area contributed by atoms with Crippen LogP contribution in [0.4, 0.5) is 5.69 Å². The van der Waals surface area contributed by atoms with Gasteiger partial charge >= 0.3 is 0 Å². The Kier molecular flexibility index (Phi) is 5.51. The average Bonchev–Trinajstić information content (AvgIpc) is 3.40. The first kappa shape index (κ1) is 18.8. The molecule has 4 rings (SSSR count). The van der Waals surface area contributed by atoms with E-state index in [1.54, 1.807) is 34.4 Å². The van der Waals surface area contributed by atoms with Crippen molar-refractivity contribution in [1.82, 2.24) is 15.2 Å². The maximum absolute atomic E-state index is 12.6. The van der Waals surface area contributed by atoms with Crippen LogP contribution in [0.25, 0.3) is 17.1 Å². The zero-order valence-electron chi connectivity index (χ0n) is 14.5. The molecule has 3 heterocycles. The fraction of sp³-hybridized carbons (Fsp3) is 0.167. The first-order valence-electron chi connectivity index (χ1n) is 8.42. The second-order valence-corrected chi connectivity index (χ2v) is 8.59. The summed E-state index contributed by atoms with van der Waals surface area (Å²) in [5, 5.41) is 12.3. The van der Waals surface area contributed by atoms with Crippen LogP contribution < -0.4 is 5.32 Å². The summed E-state index contributed by atoms with van der Waals surface area (Å²) in [6.45, 7) is 0.398. The number of carbonyl (C=O) groups is 2. The lowest BCUT2D eigenvalue weighted by Crippen LogP contribution is -2.29. The van der Waals surface area contributed by atoms with Gasteiger partial charge in [-0.05, 0) is 46.4 Å². The van der Waals surface area contributed by atoms with Crippen LogP contribution in [0.1, 0.15) is 17.7 Å². The highest BCUT2D eigenvalue weighted by Gasteiger charge is 2.31. The van der Waals surface area contributed by atoms with Gasteiger partial charge in [-0.1, -0.05) is 36.1 Å². The molecule has 0 spiro atoms. The topological polar surface area (TPSA) is 88.3 Å². The van der Waals surface area contributed by atoms with Gasteiger partial charge in [0.25, 0.3) is 5.91 Å². The van der Waals surface area contributed by atoms with E-state index in [4.69, 9.17) is 16.8 Å². The second kappa shape index (κ2) is 8.21. The van der Waals surface area contributed by atoms with Crippen LogP contribution in [0.3, 0.4) is 0 Å². The summed E-state index contributed by atoms with van der Waals surface area (Å²) in [5.74, 6) is -0.280. The lowest BCUT2D eigenvalue weighted by Gasteiger charge is -2.14. The summed E-state index contributed by atoms with van der Waals surface area (Å²) in [6.07, 6.45) is 2.60. The second-order valence-electron chi connectivity index (χ2n) is 5.94. The molecule has 0 unspecified atom stereocenters. The van der Waals surface area contributed by atoms with E-state index in [1.165, 1.54) is 11.8 Å². The molecule has 3 aromatic rings. The van der Waals surface area contributed by atoms with Gasteiger partial charge in [0, 0.05) is 17.8 Å². The number of hydrogen-bond donors (Lipinski definition) is 1. The molecule has 142 valence electrons. The van der Waals surface area contributed by atoms with Crippen molar-refractivity contribution in [3.8, 4) is 0 Å². The van der Waals surface area contributed by atoms with Gasteiger partial charge in [-0.3, -0.25) is 14.5 Å². The number of amides is 2. The summed E-state index contributed by atoms with van der Waals surface area (Å²) in [5.41, 5.74) is 1.63. The van der Waals surface area contributed by atoms with E-state index in [0.29, 0.717) is 38.9 Å². The van der Waals surface area contributed by atoms with Crippen LogP contribution in [-0.4, -0.2) is 37.9 Å². The molecule has 7 nitrogen and oxygen atoms in total. The number of nitrogens with zero attached hydrogens (tertiary/aromatic N) is 3. The van der Waals surface area contributed by atoms with Gasteiger partial charge in [-0.15, -0.1) is 11.3 Å². The molecule has 1 aromatic carbocycles. The largest absolute Gasteiger partial charge is 0.324 e. The number of rotatable bonds is 6. The van der Waals surface area contributed by atoms with Gasteiger partial charge in [-0.2, -0.15) is 0 Å². The first-order chi connectivity index (χ1) is 13.6. The number of thioether (sulfide) groups is 1. The SMILES string of the molecule is O=C(CCCN1C(=O)C(=Cc2cccs2)SC1=S)Nc1cccc2nonc12. The molecule has 0 saturated carbocycles. The van der Waals surface area contributed by atoms with Crippen molar-refractivity contribution in [2.24, 2.45) is 0 Å². The van der Waals surface area contributed by atoms with Gasteiger partial charge in [0.2, 0.25) is 5.91 Å². The first-order valence-corrected chi connectivity index (χ1v) is 10.5. The Morgan fingerprint density at radius 3 is 3.00 bits per heavy atom. The highest BCUT2D eigenvalue weighted by molar-refractivity contribution is 8.26. The van der Waals surface area contributed by atoms with Gasteiger partial charge < -0.3 is 5.32 Å². The van der Waals surface area contributed by atoms with Crippen molar-refractivity contribution in [3.63, 3.8) is 0 Å². The van der Waals surface area contributed by atoms with Crippen LogP contribution >= 0.6 is 35.3 Å². The Hall–Kier alpha value is -2.56. The van der Waals surface area contributed by atoms with Crippen molar-refractivity contribution in [2.45, 2.75) is 12.8 Å². The van der Waals surface area contributed by atoms with Crippen molar-refractivity contribution >= 4 is 74.2 Å². The van der Waals surface area contributed by atoms with E-state index in [-0.39, 0.29) is 18.2 Å². The summed E-state index contributed by atoms with van der Waals surface area (Å²) in [7, 11) is 0. The number of nitrogens with one attached hydrogen (secondary N) is 1. The molecule has 1 N–H and O–H groups in total. The summed E-state index contributed by atoms with van der Waals surface area (Å²) in [6, 6.07) is 9.14. The van der Waals surface area contributed by atoms with Gasteiger partial charge in [0.05, 0.1) is 10.6 Å². The van der Waals surface area contributed by atoms with E-state index < -0.39 is 0 Å². The molecule has 1 fully saturated rings. The summed E-state index contributed by atoms with van der Waals surface area (Å²) < 4.78 is 5.21. The predicted molar refractivity (Wildman–Crippen MR) is 114 cm³/mol. The van der Waals surface area contributed by atoms with Gasteiger partial charge in [0.1, 0.15) is 9.84 Å². The molecule has 0 atom stereocenters. The number of hydrogen-bond acceptors (Lipinski definition) is 8. The molecule has 2 aromatic heterocycles. The van der Waals surface area contributed by atoms with Crippen molar-refractivity contribution in [3.05, 3.63) is 45.5 Å². The molecule has 0 aliphatic carbocycles. The zero-order chi connectivity index (χ0) is 19.5. The maximum Gasteiger partial charge on any atom is 0.266 e. The van der Waals surface area contributed by atoms with E-state index in [2.05, 4.69) is 15.6 Å². The number of anilines is 1. The van der Waals surface area contributed by atoms with E-state index in [1.807, 2.05) is 23.6 Å². The van der Waals surface area contributed by atoms with Crippen molar-refractivity contribution < 1.29 is 14.2 Å². The van der Waals surface area contributed by atoms with Crippen molar-refractivity contribution in [1.29, 1.82) is 0 Å². The molecule has 2 amide bonds. The van der Waals surface area contributed by atoms with E-state index in [0.717, 1.165) is 4.88 Å². The fourth-order valence-corrected chi connectivity index (χ4v) is 4.74. The summed E-state index contributed by atoms with van der Waals surface area (Å²) >= 11 is 8.18. The smallest absolute Gasteiger partial charge is 0.266 e. The highest BCUT2D eigenvalue weighted by atomic mass is 32.2. The number of aromatic nitrogens is 2. The molecule has 1 aliphatic rings. The number of thiocarbonyl (C=S) groups is 1. The monoisotopic (exact) mass is 430 g/mol. The number of thiophene rings is 1. The van der Waals surface area contributed by atoms with Crippen LogP contribution in [0, 0.1) is 0 Å². The Labute approximate surface area is 173 Å². The third-order valence-electron chi connectivity index (χ3n) is 4.04. The van der Waals surface area contributed by atoms with Crippen LogP contribution in [0.2, 0.25) is 0 Å². The quantitative estimate of drug-likeness (QED) is 0.469. The third kappa shape index (κ3) is 3.98. The molecular formula is C18H14N4O3S3. The van der Waals surface area contributed by atoms with E-state index >= 15 is 0 Å². The Bertz CT molecular complexity index is 1070. The molecule has 1 saturated heterocycles. The Morgan fingerprint density at radius 1 is 1.29 bits per heavy atom. The minimum atomic E-state index is -0.171. The average molecular weight is 431 g/mol. The van der Waals surface area contributed by atoms with Crippen LogP contribution in [-0.2, 0) is 9.59 Å².